The van der Waals surface area contributed by atoms with Crippen LogP contribution < -0.4 is 21.1 Å². The number of nitrogens with one attached hydrogen (secondary N) is 2. The molecule has 1 aliphatic heterocycles. The molecule has 3 amide bonds. The SMILES string of the molecule is COc1ccc(CNC(=O)N2CCN(Cc3nc(N[C@H](C(N)=O)C(C)C)c4ccccc4n3)CC2)cc1. The summed E-state index contributed by atoms with van der Waals surface area (Å²) in [6.07, 6.45) is 0. The van der Waals surface area contributed by atoms with Crippen LogP contribution in [0.25, 0.3) is 10.9 Å². The fraction of sp³-hybridized carbons (Fsp3) is 0.407. The maximum Gasteiger partial charge on any atom is 0.317 e. The third-order valence-corrected chi connectivity index (χ3v) is 6.54. The Bertz CT molecular complexity index is 1220. The first-order valence-corrected chi connectivity index (χ1v) is 12.5. The molecule has 0 radical (unpaired) electrons. The number of hydrogen-bond acceptors (Lipinski definition) is 7. The molecule has 1 fully saturated rings. The molecular formula is C27H35N7O3. The van der Waals surface area contributed by atoms with E-state index in [1.54, 1.807) is 7.11 Å². The zero-order chi connectivity index (χ0) is 26.4. The van der Waals surface area contributed by atoms with E-state index in [1.807, 2.05) is 67.3 Å². The summed E-state index contributed by atoms with van der Waals surface area (Å²) >= 11 is 0. The highest BCUT2D eigenvalue weighted by atomic mass is 16.5. The number of hydrogen-bond donors (Lipinski definition) is 3. The summed E-state index contributed by atoms with van der Waals surface area (Å²) in [5.74, 6) is 1.65. The number of carbonyl (C=O) groups is 2. The third kappa shape index (κ3) is 6.65. The van der Waals surface area contributed by atoms with Gasteiger partial charge in [0.15, 0.2) is 0 Å². The lowest BCUT2D eigenvalue weighted by Crippen LogP contribution is -2.51. The normalized spacial score (nSPS) is 15.0. The van der Waals surface area contributed by atoms with E-state index in [9.17, 15) is 9.59 Å². The molecule has 4 N–H and O–H groups in total. The van der Waals surface area contributed by atoms with Crippen LogP contribution >= 0.6 is 0 Å². The van der Waals surface area contributed by atoms with E-state index in [0.717, 1.165) is 22.2 Å². The van der Waals surface area contributed by atoms with Gasteiger partial charge in [-0.1, -0.05) is 38.1 Å². The molecule has 196 valence electrons. The van der Waals surface area contributed by atoms with Gasteiger partial charge in [0, 0.05) is 38.1 Å². The van der Waals surface area contributed by atoms with E-state index in [-0.39, 0.29) is 11.9 Å². The van der Waals surface area contributed by atoms with Crippen LogP contribution in [0.5, 0.6) is 5.75 Å². The van der Waals surface area contributed by atoms with Gasteiger partial charge >= 0.3 is 6.03 Å². The third-order valence-electron chi connectivity index (χ3n) is 6.54. The summed E-state index contributed by atoms with van der Waals surface area (Å²) in [6.45, 7) is 7.55. The van der Waals surface area contributed by atoms with Gasteiger partial charge in [0.25, 0.3) is 0 Å². The lowest BCUT2D eigenvalue weighted by atomic mass is 10.0. The van der Waals surface area contributed by atoms with Gasteiger partial charge in [0.2, 0.25) is 5.91 Å². The fourth-order valence-corrected chi connectivity index (χ4v) is 4.36. The molecule has 0 unspecified atom stereocenters. The van der Waals surface area contributed by atoms with Gasteiger partial charge in [-0.05, 0) is 35.7 Å². The minimum absolute atomic E-state index is 0.0126. The first-order valence-electron chi connectivity index (χ1n) is 12.5. The minimum atomic E-state index is -0.536. The van der Waals surface area contributed by atoms with E-state index in [1.165, 1.54) is 0 Å². The van der Waals surface area contributed by atoms with Crippen molar-refractivity contribution < 1.29 is 14.3 Å². The molecule has 0 bridgehead atoms. The van der Waals surface area contributed by atoms with Crippen LogP contribution in [0.4, 0.5) is 10.6 Å². The molecule has 4 rings (SSSR count). The largest absolute Gasteiger partial charge is 0.497 e. The minimum Gasteiger partial charge on any atom is -0.497 e. The molecule has 37 heavy (non-hydrogen) atoms. The lowest BCUT2D eigenvalue weighted by molar-refractivity contribution is -0.119. The monoisotopic (exact) mass is 505 g/mol. The summed E-state index contributed by atoms with van der Waals surface area (Å²) in [5, 5.41) is 7.08. The highest BCUT2D eigenvalue weighted by Crippen LogP contribution is 2.23. The zero-order valence-corrected chi connectivity index (χ0v) is 21.6. The maximum atomic E-state index is 12.7. The van der Waals surface area contributed by atoms with Crippen molar-refractivity contribution in [3.63, 3.8) is 0 Å². The smallest absolute Gasteiger partial charge is 0.317 e. The number of primary amides is 1. The maximum absolute atomic E-state index is 12.7. The van der Waals surface area contributed by atoms with Gasteiger partial charge in [-0.25, -0.2) is 14.8 Å². The first kappa shape index (κ1) is 26.2. The second kappa shape index (κ2) is 11.9. The number of amides is 3. The number of piperazine rings is 1. The Morgan fingerprint density at radius 1 is 1.03 bits per heavy atom. The Hall–Kier alpha value is -3.92. The zero-order valence-electron chi connectivity index (χ0n) is 21.6. The van der Waals surface area contributed by atoms with Crippen LogP contribution in [0.15, 0.2) is 48.5 Å². The fourth-order valence-electron chi connectivity index (χ4n) is 4.36. The molecule has 3 aromatic rings. The predicted molar refractivity (Wildman–Crippen MR) is 143 cm³/mol. The predicted octanol–water partition coefficient (Wildman–Crippen LogP) is 2.59. The van der Waals surface area contributed by atoms with Crippen LogP contribution in [0, 0.1) is 5.92 Å². The number of benzene rings is 2. The van der Waals surface area contributed by atoms with Gasteiger partial charge in [-0.3, -0.25) is 9.69 Å². The van der Waals surface area contributed by atoms with Crippen LogP contribution in [-0.4, -0.2) is 71.0 Å². The number of ether oxygens (including phenoxy) is 1. The van der Waals surface area contributed by atoms with Crippen molar-refractivity contribution in [2.75, 3.05) is 38.6 Å². The summed E-state index contributed by atoms with van der Waals surface area (Å²) in [5.41, 5.74) is 7.44. The van der Waals surface area contributed by atoms with E-state index in [0.29, 0.717) is 50.9 Å². The van der Waals surface area contributed by atoms with Crippen molar-refractivity contribution in [2.45, 2.75) is 33.0 Å². The highest BCUT2D eigenvalue weighted by Gasteiger charge is 2.24. The quantitative estimate of drug-likeness (QED) is 0.408. The summed E-state index contributed by atoms with van der Waals surface area (Å²) in [6, 6.07) is 14.8. The summed E-state index contributed by atoms with van der Waals surface area (Å²) in [7, 11) is 1.63. The Labute approximate surface area is 217 Å². The molecular weight excluding hydrogens is 470 g/mol. The molecule has 1 atom stereocenters. The topological polar surface area (TPSA) is 126 Å². The Morgan fingerprint density at radius 2 is 1.73 bits per heavy atom. The average Bonchev–Trinajstić information content (AvgIpc) is 2.90. The number of rotatable bonds is 9. The van der Waals surface area contributed by atoms with Crippen molar-refractivity contribution in [3.8, 4) is 5.75 Å². The highest BCUT2D eigenvalue weighted by molar-refractivity contribution is 5.92. The van der Waals surface area contributed by atoms with Gasteiger partial charge in [-0.15, -0.1) is 0 Å². The molecule has 1 saturated heterocycles. The van der Waals surface area contributed by atoms with Gasteiger partial charge < -0.3 is 26.0 Å². The van der Waals surface area contributed by atoms with Crippen LogP contribution in [0.3, 0.4) is 0 Å². The summed E-state index contributed by atoms with van der Waals surface area (Å²) in [4.78, 5) is 38.2. The second-order valence-corrected chi connectivity index (χ2v) is 9.54. The van der Waals surface area contributed by atoms with Crippen molar-refractivity contribution in [2.24, 2.45) is 11.7 Å². The van der Waals surface area contributed by atoms with E-state index >= 15 is 0 Å². The number of para-hydroxylation sites is 1. The molecule has 1 aliphatic rings. The van der Waals surface area contributed by atoms with E-state index < -0.39 is 11.9 Å². The molecule has 2 heterocycles. The lowest BCUT2D eigenvalue weighted by Gasteiger charge is -2.34. The van der Waals surface area contributed by atoms with E-state index in [4.69, 9.17) is 20.4 Å². The number of methoxy groups -OCH3 is 1. The van der Waals surface area contributed by atoms with Gasteiger partial charge in [0.05, 0.1) is 19.2 Å². The molecule has 0 aliphatic carbocycles. The number of urea groups is 1. The van der Waals surface area contributed by atoms with Gasteiger partial charge in [-0.2, -0.15) is 0 Å². The Balaban J connectivity index is 1.36. The Morgan fingerprint density at radius 3 is 2.38 bits per heavy atom. The van der Waals surface area contributed by atoms with Gasteiger partial charge in [0.1, 0.15) is 23.4 Å². The molecule has 10 heteroatoms. The first-order chi connectivity index (χ1) is 17.8. The number of anilines is 1. The summed E-state index contributed by atoms with van der Waals surface area (Å²) < 4.78 is 5.17. The number of fused-ring (bicyclic) bond motifs is 1. The molecule has 0 spiro atoms. The molecule has 2 aromatic carbocycles. The number of carbonyl (C=O) groups excluding carboxylic acids is 2. The van der Waals surface area contributed by atoms with Crippen molar-refractivity contribution in [1.82, 2.24) is 25.1 Å². The molecule has 0 saturated carbocycles. The van der Waals surface area contributed by atoms with E-state index in [2.05, 4.69) is 15.5 Å². The Kier molecular flexibility index (Phi) is 8.39. The van der Waals surface area contributed by atoms with Crippen LogP contribution in [-0.2, 0) is 17.9 Å². The molecule has 10 nitrogen and oxygen atoms in total. The van der Waals surface area contributed by atoms with Crippen molar-refractivity contribution >= 4 is 28.7 Å². The number of nitrogens with two attached hydrogens (primary N) is 1. The number of nitrogens with zero attached hydrogens (tertiary/aromatic N) is 4. The number of aromatic nitrogens is 2. The second-order valence-electron chi connectivity index (χ2n) is 9.54. The molecule has 1 aromatic heterocycles. The van der Waals surface area contributed by atoms with Crippen molar-refractivity contribution in [1.29, 1.82) is 0 Å². The van der Waals surface area contributed by atoms with Crippen molar-refractivity contribution in [3.05, 3.63) is 59.9 Å². The van der Waals surface area contributed by atoms with Crippen LogP contribution in [0.1, 0.15) is 25.2 Å². The van der Waals surface area contributed by atoms with Crippen LogP contribution in [0.2, 0.25) is 0 Å². The standard InChI is InChI=1S/C27H35N7O3/c1-18(2)24(25(28)35)32-26-21-6-4-5-7-22(21)30-23(31-26)17-33-12-14-34(15-13-33)27(36)29-16-19-8-10-20(37-3)11-9-19/h4-11,18,24H,12-17H2,1-3H3,(H2,28,35)(H,29,36)(H,30,31,32)/t24-/m0/s1. The average molecular weight is 506 g/mol.